The smallest absolute Gasteiger partial charge is 0.298 e. The number of nitrogens with zero attached hydrogens (tertiary/aromatic N) is 2. The van der Waals surface area contributed by atoms with Gasteiger partial charge in [0.15, 0.2) is 5.78 Å². The van der Waals surface area contributed by atoms with Crippen molar-refractivity contribution in [1.82, 2.24) is 9.97 Å². The van der Waals surface area contributed by atoms with E-state index in [0.717, 1.165) is 17.3 Å². The molecule has 37 heavy (non-hydrogen) atoms. The summed E-state index contributed by atoms with van der Waals surface area (Å²) in [4.78, 5) is 21.6. The lowest BCUT2D eigenvalue weighted by atomic mass is 9.85. The first kappa shape index (κ1) is 27.8. The minimum absolute atomic E-state index is 0.00979. The molecule has 1 saturated heterocycles. The molecule has 1 aliphatic heterocycles. The third kappa shape index (κ3) is 5.77. The molecule has 11 heteroatoms. The fourth-order valence-corrected chi connectivity index (χ4v) is 5.42. The third-order valence-corrected chi connectivity index (χ3v) is 7.63. The van der Waals surface area contributed by atoms with Crippen molar-refractivity contribution in [1.29, 1.82) is 0 Å². The van der Waals surface area contributed by atoms with Crippen LogP contribution in [-0.2, 0) is 33.0 Å². The normalized spacial score (nSPS) is 19.9. The summed E-state index contributed by atoms with van der Waals surface area (Å²) in [5.41, 5.74) is -0.0783. The average molecular weight is 542 g/mol. The number of halogens is 4. The van der Waals surface area contributed by atoms with E-state index in [1.165, 1.54) is 12.1 Å². The van der Waals surface area contributed by atoms with E-state index in [1.54, 1.807) is 14.0 Å². The molecule has 2 heterocycles. The van der Waals surface area contributed by atoms with Crippen LogP contribution in [0, 0.1) is 11.7 Å². The summed E-state index contributed by atoms with van der Waals surface area (Å²) in [6.45, 7) is 1.13. The highest BCUT2D eigenvalue weighted by Crippen LogP contribution is 2.37. The van der Waals surface area contributed by atoms with Crippen molar-refractivity contribution in [2.75, 3.05) is 32.2 Å². The van der Waals surface area contributed by atoms with E-state index < -0.39 is 35.6 Å². The highest BCUT2D eigenvalue weighted by atomic mass is 35.5. The van der Waals surface area contributed by atoms with Gasteiger partial charge in [0, 0.05) is 50.7 Å². The van der Waals surface area contributed by atoms with Gasteiger partial charge in [-0.25, -0.2) is 14.4 Å². The molecule has 2 N–H and O–H groups in total. The largest absolute Gasteiger partial charge is 0.390 e. The van der Waals surface area contributed by atoms with Crippen LogP contribution in [0.2, 0.25) is 5.28 Å². The Morgan fingerprint density at radius 3 is 2.73 bits per heavy atom. The maximum Gasteiger partial charge on any atom is 0.298 e. The van der Waals surface area contributed by atoms with Gasteiger partial charge in [-0.1, -0.05) is 12.1 Å². The van der Waals surface area contributed by atoms with Crippen molar-refractivity contribution in [3.63, 3.8) is 0 Å². The molecule has 1 aliphatic carbocycles. The maximum atomic E-state index is 15.0. The molecule has 1 aromatic carbocycles. The van der Waals surface area contributed by atoms with Crippen LogP contribution < -0.4 is 5.32 Å². The number of nitrogens with one attached hydrogen (secondary N) is 1. The van der Waals surface area contributed by atoms with Gasteiger partial charge in [0.2, 0.25) is 5.28 Å². The van der Waals surface area contributed by atoms with Crippen molar-refractivity contribution < 1.29 is 32.5 Å². The van der Waals surface area contributed by atoms with E-state index in [9.17, 15) is 18.0 Å². The third-order valence-electron chi connectivity index (χ3n) is 7.46. The number of aliphatic hydroxyl groups excluding tert-OH is 1. The van der Waals surface area contributed by atoms with Crippen LogP contribution in [-0.4, -0.2) is 53.4 Å². The van der Waals surface area contributed by atoms with Gasteiger partial charge in [0.05, 0.1) is 17.3 Å². The number of methoxy groups -OCH3 is 1. The Hall–Kier alpha value is -2.27. The number of ether oxygens (including phenoxy) is 2. The lowest BCUT2D eigenvalue weighted by molar-refractivity contribution is -0.153. The summed E-state index contributed by atoms with van der Waals surface area (Å²) >= 11 is 6.16. The molecule has 0 saturated carbocycles. The molecule has 0 amide bonds. The van der Waals surface area contributed by atoms with E-state index >= 15 is 0 Å². The molecule has 0 spiro atoms. The van der Waals surface area contributed by atoms with Crippen LogP contribution in [0.25, 0.3) is 0 Å². The Morgan fingerprint density at radius 2 is 2.05 bits per heavy atom. The van der Waals surface area contributed by atoms with Crippen LogP contribution in [0.4, 0.5) is 19.0 Å². The standard InChI is InChI=1S/C26H31ClF3N3O4/c1-15(17-4-3-5-19(22(17)28)26(29,30)14-34)31-23-18-12-16(13-20(18)32-24(27)33-23)6-7-21(35)25(36-2)8-10-37-11-9-25/h3-5,15-16,34H,6-14H2,1-2H3,(H,31,32,33). The van der Waals surface area contributed by atoms with Crippen molar-refractivity contribution in [3.8, 4) is 0 Å². The van der Waals surface area contributed by atoms with Gasteiger partial charge in [0.25, 0.3) is 5.92 Å². The molecule has 7 nitrogen and oxygen atoms in total. The number of Topliss-reactive ketones (excluding diaryl/α,β-unsaturated/α-hetero) is 1. The van der Waals surface area contributed by atoms with Gasteiger partial charge < -0.3 is 19.9 Å². The molecule has 202 valence electrons. The van der Waals surface area contributed by atoms with Crippen LogP contribution in [0.5, 0.6) is 0 Å². The molecule has 2 atom stereocenters. The zero-order chi connectivity index (χ0) is 26.8. The quantitative estimate of drug-likeness (QED) is 0.418. The van der Waals surface area contributed by atoms with Gasteiger partial charge in [0.1, 0.15) is 23.8 Å². The Morgan fingerprint density at radius 1 is 1.32 bits per heavy atom. The number of aliphatic hydroxyl groups is 1. The van der Waals surface area contributed by atoms with E-state index in [0.29, 0.717) is 57.6 Å². The Balaban J connectivity index is 1.47. The number of rotatable bonds is 10. The van der Waals surface area contributed by atoms with Crippen LogP contribution in [0.3, 0.4) is 0 Å². The zero-order valence-electron chi connectivity index (χ0n) is 20.8. The summed E-state index contributed by atoms with van der Waals surface area (Å²) < 4.78 is 54.0. The van der Waals surface area contributed by atoms with E-state index in [2.05, 4.69) is 15.3 Å². The molecule has 1 aromatic heterocycles. The second-order valence-electron chi connectivity index (χ2n) is 9.75. The first-order valence-corrected chi connectivity index (χ1v) is 12.7. The molecule has 1 fully saturated rings. The highest BCUT2D eigenvalue weighted by Gasteiger charge is 2.40. The van der Waals surface area contributed by atoms with Crippen LogP contribution in [0.15, 0.2) is 18.2 Å². The second kappa shape index (κ2) is 11.2. The first-order valence-electron chi connectivity index (χ1n) is 12.4. The molecular formula is C26H31ClF3N3O4. The Kier molecular flexibility index (Phi) is 8.42. The molecule has 2 unspecified atom stereocenters. The predicted molar refractivity (Wildman–Crippen MR) is 131 cm³/mol. The van der Waals surface area contributed by atoms with Gasteiger partial charge in [-0.15, -0.1) is 0 Å². The monoisotopic (exact) mass is 541 g/mol. The molecule has 2 aliphatic rings. The summed E-state index contributed by atoms with van der Waals surface area (Å²) in [5.74, 6) is -4.17. The van der Waals surface area contributed by atoms with E-state index in [4.69, 9.17) is 26.2 Å². The number of aromatic nitrogens is 2. The van der Waals surface area contributed by atoms with E-state index in [1.807, 2.05) is 0 Å². The fraction of sp³-hybridized carbons (Fsp3) is 0.577. The summed E-state index contributed by atoms with van der Waals surface area (Å²) in [6.07, 6.45) is 3.31. The lowest BCUT2D eigenvalue weighted by Gasteiger charge is -2.34. The van der Waals surface area contributed by atoms with Gasteiger partial charge in [-0.05, 0) is 49.8 Å². The van der Waals surface area contributed by atoms with Crippen molar-refractivity contribution in [2.45, 2.75) is 63.0 Å². The van der Waals surface area contributed by atoms with Crippen LogP contribution >= 0.6 is 11.6 Å². The number of ketones is 1. The number of carbonyl (C=O) groups excluding carboxylic acids is 1. The predicted octanol–water partition coefficient (Wildman–Crippen LogP) is 4.79. The van der Waals surface area contributed by atoms with Crippen LogP contribution in [0.1, 0.15) is 61.0 Å². The van der Waals surface area contributed by atoms with Gasteiger partial charge >= 0.3 is 0 Å². The Bertz CT molecular complexity index is 1140. The SMILES string of the molecule is COC1(C(=O)CCC2Cc3nc(Cl)nc(NC(C)c4cccc(C(F)(F)CO)c4F)c3C2)CCOCC1. The zero-order valence-corrected chi connectivity index (χ0v) is 21.6. The minimum Gasteiger partial charge on any atom is -0.390 e. The molecule has 0 bridgehead atoms. The fourth-order valence-electron chi connectivity index (χ4n) is 5.24. The number of anilines is 1. The van der Waals surface area contributed by atoms with Gasteiger partial charge in [-0.2, -0.15) is 8.78 Å². The topological polar surface area (TPSA) is 93.6 Å². The summed E-state index contributed by atoms with van der Waals surface area (Å²) in [7, 11) is 1.56. The van der Waals surface area contributed by atoms with Crippen molar-refractivity contribution in [3.05, 3.63) is 51.7 Å². The number of alkyl halides is 2. The Labute approximate surface area is 218 Å². The average Bonchev–Trinajstić information content (AvgIpc) is 3.30. The maximum absolute atomic E-state index is 15.0. The number of fused-ring (bicyclic) bond motifs is 1. The number of benzene rings is 1. The molecule has 2 aromatic rings. The molecular weight excluding hydrogens is 511 g/mol. The number of carbonyl (C=O) groups is 1. The van der Waals surface area contributed by atoms with E-state index in [-0.39, 0.29) is 22.5 Å². The highest BCUT2D eigenvalue weighted by molar-refractivity contribution is 6.28. The van der Waals surface area contributed by atoms with Crippen molar-refractivity contribution >= 4 is 23.2 Å². The summed E-state index contributed by atoms with van der Waals surface area (Å²) in [5, 5.41) is 12.1. The number of hydrogen-bond donors (Lipinski definition) is 2. The summed E-state index contributed by atoms with van der Waals surface area (Å²) in [6, 6.07) is 2.97. The minimum atomic E-state index is -3.70. The van der Waals surface area contributed by atoms with Crippen molar-refractivity contribution in [2.24, 2.45) is 5.92 Å². The first-order chi connectivity index (χ1) is 17.6. The lowest BCUT2D eigenvalue weighted by Crippen LogP contribution is -2.45. The second-order valence-corrected chi connectivity index (χ2v) is 10.1. The number of hydrogen-bond acceptors (Lipinski definition) is 7. The molecule has 0 radical (unpaired) electrons. The van der Waals surface area contributed by atoms with Gasteiger partial charge in [-0.3, -0.25) is 4.79 Å². The molecule has 4 rings (SSSR count).